The van der Waals surface area contributed by atoms with Crippen LogP contribution in [0.25, 0.3) is 0 Å². The summed E-state index contributed by atoms with van der Waals surface area (Å²) < 4.78 is 19.2. The van der Waals surface area contributed by atoms with Gasteiger partial charge in [-0.3, -0.25) is 19.1 Å². The maximum Gasteiger partial charge on any atom is 0.330 e. The largest absolute Gasteiger partial charge is 0.394 e. The van der Waals surface area contributed by atoms with Crippen molar-refractivity contribution in [2.24, 2.45) is 5.92 Å². The van der Waals surface area contributed by atoms with Gasteiger partial charge < -0.3 is 9.84 Å². The molecule has 2 N–H and O–H groups in total. The highest BCUT2D eigenvalue weighted by Gasteiger charge is 2.40. The summed E-state index contributed by atoms with van der Waals surface area (Å²) in [5.41, 5.74) is -0.931. The number of hydrogen-bond donors (Lipinski definition) is 2. The van der Waals surface area contributed by atoms with Gasteiger partial charge in [0, 0.05) is 18.2 Å². The molecular weight excluding hydrogens is 259 g/mol. The molecule has 8 heteroatoms. The number of nitrogens with zero attached hydrogens (tertiary/aromatic N) is 1. The van der Waals surface area contributed by atoms with Crippen LogP contribution in [0.5, 0.6) is 0 Å². The molecule has 1 aromatic heterocycles. The van der Waals surface area contributed by atoms with E-state index in [1.165, 1.54) is 13.1 Å². The van der Waals surface area contributed by atoms with Gasteiger partial charge in [-0.2, -0.15) is 4.39 Å². The van der Waals surface area contributed by atoms with Gasteiger partial charge in [-0.05, 0) is 6.92 Å². The summed E-state index contributed by atoms with van der Waals surface area (Å²) in [6, 6.07) is -1.59. The third kappa shape index (κ3) is 2.49. The van der Waals surface area contributed by atoms with E-state index in [4.69, 9.17) is 9.84 Å². The van der Waals surface area contributed by atoms with Gasteiger partial charge in [0.2, 0.25) is 0 Å². The predicted molar refractivity (Wildman–Crippen MR) is 61.3 cm³/mol. The number of aromatic amines is 1. The number of aryl methyl sites for hydroxylation is 1. The highest BCUT2D eigenvalue weighted by Crippen LogP contribution is 2.33. The number of aliphatic hydroxyl groups is 1. The van der Waals surface area contributed by atoms with Crippen molar-refractivity contribution < 1.29 is 19.0 Å². The molecule has 0 aliphatic carbocycles. The van der Waals surface area contributed by atoms with E-state index in [2.05, 4.69) is 4.98 Å². The van der Waals surface area contributed by atoms with E-state index in [-0.39, 0.29) is 6.42 Å². The van der Waals surface area contributed by atoms with Crippen LogP contribution in [-0.2, 0) is 9.53 Å². The van der Waals surface area contributed by atoms with Crippen LogP contribution < -0.4 is 11.2 Å². The van der Waals surface area contributed by atoms with E-state index in [0.29, 0.717) is 5.56 Å². The monoisotopic (exact) mass is 272 g/mol. The van der Waals surface area contributed by atoms with Crippen molar-refractivity contribution >= 4 is 6.04 Å². The SMILES string of the molecule is Cc1cn([C@H]2CC(C(=O)F)[C@@H](CO)O2)c(=O)[nH]c1=O. The molecule has 1 saturated heterocycles. The van der Waals surface area contributed by atoms with E-state index in [9.17, 15) is 18.8 Å². The molecule has 0 aromatic carbocycles. The lowest BCUT2D eigenvalue weighted by Gasteiger charge is -2.14. The Balaban J connectivity index is 2.35. The van der Waals surface area contributed by atoms with E-state index in [0.717, 1.165) is 4.57 Å². The van der Waals surface area contributed by atoms with Crippen LogP contribution in [0, 0.1) is 12.8 Å². The van der Waals surface area contributed by atoms with Crippen molar-refractivity contribution in [1.82, 2.24) is 9.55 Å². The van der Waals surface area contributed by atoms with Crippen LogP contribution in [0.15, 0.2) is 15.8 Å². The number of H-pyrrole nitrogens is 1. The third-order valence-electron chi connectivity index (χ3n) is 3.16. The van der Waals surface area contributed by atoms with Crippen LogP contribution >= 0.6 is 0 Å². The van der Waals surface area contributed by atoms with Crippen molar-refractivity contribution in [1.29, 1.82) is 0 Å². The van der Waals surface area contributed by atoms with Gasteiger partial charge in [-0.1, -0.05) is 0 Å². The summed E-state index contributed by atoms with van der Waals surface area (Å²) in [5, 5.41) is 9.03. The topological polar surface area (TPSA) is 101 Å². The van der Waals surface area contributed by atoms with Gasteiger partial charge in [0.15, 0.2) is 0 Å². The first-order chi connectivity index (χ1) is 8.93. The molecule has 0 saturated carbocycles. The van der Waals surface area contributed by atoms with E-state index in [1.54, 1.807) is 0 Å². The lowest BCUT2D eigenvalue weighted by molar-refractivity contribution is -0.136. The number of aliphatic hydroxyl groups excluding tert-OH is 1. The second-order valence-corrected chi connectivity index (χ2v) is 4.44. The Labute approximate surface area is 106 Å². The van der Waals surface area contributed by atoms with E-state index < -0.39 is 42.1 Å². The second-order valence-electron chi connectivity index (χ2n) is 4.44. The number of carbonyl (C=O) groups is 1. The maximum absolute atomic E-state index is 12.8. The molecule has 0 spiro atoms. The molecule has 3 atom stereocenters. The Kier molecular flexibility index (Phi) is 3.63. The Morgan fingerprint density at radius 3 is 2.84 bits per heavy atom. The first kappa shape index (κ1) is 13.6. The highest BCUT2D eigenvalue weighted by atomic mass is 19.1. The van der Waals surface area contributed by atoms with Gasteiger partial charge in [0.1, 0.15) is 6.23 Å². The molecule has 19 heavy (non-hydrogen) atoms. The zero-order valence-corrected chi connectivity index (χ0v) is 10.1. The number of ether oxygens (including phenoxy) is 1. The van der Waals surface area contributed by atoms with Crippen LogP contribution in [0.2, 0.25) is 0 Å². The van der Waals surface area contributed by atoms with Crippen molar-refractivity contribution in [2.75, 3.05) is 6.61 Å². The van der Waals surface area contributed by atoms with Gasteiger partial charge in [0.05, 0.1) is 18.6 Å². The zero-order chi connectivity index (χ0) is 14.2. The van der Waals surface area contributed by atoms with E-state index in [1.807, 2.05) is 0 Å². The Morgan fingerprint density at radius 2 is 2.32 bits per heavy atom. The lowest BCUT2D eigenvalue weighted by atomic mass is 10.0. The fourth-order valence-electron chi connectivity index (χ4n) is 2.11. The van der Waals surface area contributed by atoms with Crippen molar-refractivity contribution in [3.8, 4) is 0 Å². The highest BCUT2D eigenvalue weighted by molar-refractivity contribution is 5.72. The molecule has 0 radical (unpaired) electrons. The number of rotatable bonds is 3. The summed E-state index contributed by atoms with van der Waals surface area (Å²) in [5.74, 6) is -1.10. The Hall–Kier alpha value is -1.80. The van der Waals surface area contributed by atoms with Crippen LogP contribution in [0.1, 0.15) is 18.2 Å². The van der Waals surface area contributed by atoms with Crippen LogP contribution in [-0.4, -0.2) is 33.4 Å². The third-order valence-corrected chi connectivity index (χ3v) is 3.16. The molecule has 1 aromatic rings. The van der Waals surface area contributed by atoms with Crippen molar-refractivity contribution in [3.05, 3.63) is 32.6 Å². The van der Waals surface area contributed by atoms with Crippen molar-refractivity contribution in [2.45, 2.75) is 25.7 Å². The standard InChI is InChI=1S/C11H13FN2O5/c1-5-3-14(11(18)13-10(5)17)8-2-6(9(12)16)7(4-15)19-8/h3,6-8,15H,2,4H2,1H3,(H,13,17,18)/t6?,7-,8-/m1/s1. The average molecular weight is 272 g/mol. The number of hydrogen-bond acceptors (Lipinski definition) is 5. The van der Waals surface area contributed by atoms with Crippen molar-refractivity contribution in [3.63, 3.8) is 0 Å². The first-order valence-corrected chi connectivity index (χ1v) is 5.71. The minimum absolute atomic E-state index is 0.0635. The minimum Gasteiger partial charge on any atom is -0.394 e. The summed E-state index contributed by atoms with van der Waals surface area (Å²) in [7, 11) is 0. The molecule has 1 unspecified atom stereocenters. The van der Waals surface area contributed by atoms with Gasteiger partial charge >= 0.3 is 11.7 Å². The average Bonchev–Trinajstić information content (AvgIpc) is 2.77. The molecule has 104 valence electrons. The molecule has 1 aliphatic rings. The van der Waals surface area contributed by atoms with E-state index >= 15 is 0 Å². The smallest absolute Gasteiger partial charge is 0.330 e. The molecule has 0 bridgehead atoms. The normalized spacial score (nSPS) is 26.6. The fourth-order valence-corrected chi connectivity index (χ4v) is 2.11. The molecular formula is C11H13FN2O5. The summed E-state index contributed by atoms with van der Waals surface area (Å²) >= 11 is 0. The number of aromatic nitrogens is 2. The number of nitrogens with one attached hydrogen (secondary N) is 1. The second kappa shape index (κ2) is 5.06. The number of carbonyl (C=O) groups excluding carboxylic acids is 1. The molecule has 1 fully saturated rings. The minimum atomic E-state index is -1.59. The number of halogens is 1. The first-order valence-electron chi connectivity index (χ1n) is 5.71. The molecule has 2 rings (SSSR count). The zero-order valence-electron chi connectivity index (χ0n) is 10.1. The summed E-state index contributed by atoms with van der Waals surface area (Å²) in [4.78, 5) is 35.8. The van der Waals surface area contributed by atoms with Crippen LogP contribution in [0.4, 0.5) is 4.39 Å². The molecule has 0 amide bonds. The summed E-state index contributed by atoms with van der Waals surface area (Å²) in [6.07, 6.45) is -0.649. The van der Waals surface area contributed by atoms with Gasteiger partial charge in [-0.15, -0.1) is 0 Å². The maximum atomic E-state index is 12.8. The predicted octanol–water partition coefficient (Wildman–Crippen LogP) is -0.763. The molecule has 1 aliphatic heterocycles. The molecule has 2 heterocycles. The van der Waals surface area contributed by atoms with Crippen LogP contribution in [0.3, 0.4) is 0 Å². The molecule has 7 nitrogen and oxygen atoms in total. The van der Waals surface area contributed by atoms with Gasteiger partial charge in [0.25, 0.3) is 5.56 Å². The van der Waals surface area contributed by atoms with Gasteiger partial charge in [-0.25, -0.2) is 4.79 Å². The summed E-state index contributed by atoms with van der Waals surface area (Å²) in [6.45, 7) is 0.985. The Morgan fingerprint density at radius 1 is 1.63 bits per heavy atom. The quantitative estimate of drug-likeness (QED) is 0.704. The lowest BCUT2D eigenvalue weighted by Crippen LogP contribution is -2.33. The fraction of sp³-hybridized carbons (Fsp3) is 0.545. The Bertz CT molecular complexity index is 608.